The molecular formula is C33H61O8P. The summed E-state index contributed by atoms with van der Waals surface area (Å²) in [5.74, 6) is -0.826. The van der Waals surface area contributed by atoms with Crippen LogP contribution in [0.25, 0.3) is 0 Å². The molecule has 0 bridgehead atoms. The van der Waals surface area contributed by atoms with Crippen molar-refractivity contribution in [1.82, 2.24) is 0 Å². The molecule has 0 fully saturated rings. The average Bonchev–Trinajstić information content (AvgIpc) is 2.97. The van der Waals surface area contributed by atoms with Crippen LogP contribution in [0.5, 0.6) is 0 Å². The van der Waals surface area contributed by atoms with E-state index in [0.29, 0.717) is 6.42 Å². The van der Waals surface area contributed by atoms with Crippen molar-refractivity contribution >= 4 is 19.8 Å². The molecule has 0 aromatic heterocycles. The maximum atomic E-state index is 12.3. The van der Waals surface area contributed by atoms with Crippen molar-refractivity contribution in [2.45, 2.75) is 155 Å². The molecule has 2 atom stereocenters. The number of carbonyl (C=O) groups excluding carboxylic acids is 2. The van der Waals surface area contributed by atoms with Gasteiger partial charge < -0.3 is 14.4 Å². The summed E-state index contributed by atoms with van der Waals surface area (Å²) in [5.41, 5.74) is 0. The lowest BCUT2D eigenvalue weighted by molar-refractivity contribution is -0.161. The van der Waals surface area contributed by atoms with Crippen LogP contribution in [0.1, 0.15) is 149 Å². The number of phosphoric acid groups is 1. The lowest BCUT2D eigenvalue weighted by Gasteiger charge is -2.19. The van der Waals surface area contributed by atoms with Crippen LogP contribution in [0.4, 0.5) is 0 Å². The van der Waals surface area contributed by atoms with Crippen molar-refractivity contribution in [2.75, 3.05) is 20.3 Å². The van der Waals surface area contributed by atoms with Gasteiger partial charge in [-0.15, -0.1) is 0 Å². The molecular weight excluding hydrogens is 555 g/mol. The Bertz CT molecular complexity index is 752. The third kappa shape index (κ3) is 28.6. The van der Waals surface area contributed by atoms with Crippen molar-refractivity contribution in [1.29, 1.82) is 0 Å². The number of allylic oxidation sites excluding steroid dienone is 4. The summed E-state index contributed by atoms with van der Waals surface area (Å²) in [6.45, 7) is 3.62. The average molecular weight is 617 g/mol. The van der Waals surface area contributed by atoms with E-state index in [-0.39, 0.29) is 25.4 Å². The van der Waals surface area contributed by atoms with Gasteiger partial charge in [0.1, 0.15) is 6.61 Å². The summed E-state index contributed by atoms with van der Waals surface area (Å²) in [7, 11) is -3.20. The van der Waals surface area contributed by atoms with Crippen LogP contribution in [0.15, 0.2) is 24.3 Å². The zero-order valence-corrected chi connectivity index (χ0v) is 27.8. The standard InChI is InChI=1S/C33H61O8P/c1-4-6-8-10-12-14-15-16-17-18-19-20-22-23-25-27-32(34)39-29-31(30-40-42(36,37)38-3)41-33(35)28-26-24-21-13-11-9-7-5-2/h5,7,12,14,31H,4,6,8-11,13,15-30H2,1-3H3,(H,36,37)/b7-5+,14-12+/t31-/m1/s1. The third-order valence-electron chi connectivity index (χ3n) is 7.01. The fourth-order valence-electron chi connectivity index (χ4n) is 4.42. The molecule has 0 rings (SSSR count). The third-order valence-corrected chi connectivity index (χ3v) is 7.95. The Morgan fingerprint density at radius 2 is 1.17 bits per heavy atom. The van der Waals surface area contributed by atoms with Crippen LogP contribution in [0.3, 0.4) is 0 Å². The van der Waals surface area contributed by atoms with Crippen LogP contribution in [0, 0.1) is 0 Å². The molecule has 0 aliphatic rings. The lowest BCUT2D eigenvalue weighted by atomic mass is 10.1. The smallest absolute Gasteiger partial charge is 0.462 e. The minimum absolute atomic E-state index is 0.229. The molecule has 9 heteroatoms. The van der Waals surface area contributed by atoms with Gasteiger partial charge in [0.05, 0.1) is 6.61 Å². The first kappa shape index (κ1) is 40.5. The Labute approximate surface area is 256 Å². The number of carbonyl (C=O) groups is 2. The number of hydrogen-bond acceptors (Lipinski definition) is 7. The van der Waals surface area contributed by atoms with Crippen molar-refractivity contribution in [2.24, 2.45) is 0 Å². The van der Waals surface area contributed by atoms with Crippen LogP contribution < -0.4 is 0 Å². The topological polar surface area (TPSA) is 108 Å². The van der Waals surface area contributed by atoms with E-state index in [4.69, 9.17) is 14.0 Å². The predicted octanol–water partition coefficient (Wildman–Crippen LogP) is 9.55. The van der Waals surface area contributed by atoms with Crippen molar-refractivity contribution in [3.63, 3.8) is 0 Å². The molecule has 0 spiro atoms. The molecule has 0 radical (unpaired) electrons. The van der Waals surface area contributed by atoms with Gasteiger partial charge in [-0.25, -0.2) is 4.57 Å². The van der Waals surface area contributed by atoms with E-state index < -0.39 is 26.5 Å². The maximum Gasteiger partial charge on any atom is 0.472 e. The highest BCUT2D eigenvalue weighted by Crippen LogP contribution is 2.42. The number of ether oxygens (including phenoxy) is 2. The Morgan fingerprint density at radius 3 is 1.69 bits per heavy atom. The predicted molar refractivity (Wildman–Crippen MR) is 170 cm³/mol. The fraction of sp³-hybridized carbons (Fsp3) is 0.818. The monoisotopic (exact) mass is 616 g/mol. The molecule has 1 unspecified atom stereocenters. The minimum Gasteiger partial charge on any atom is -0.462 e. The number of esters is 2. The quantitative estimate of drug-likeness (QED) is 0.0368. The number of hydrogen-bond donors (Lipinski definition) is 1. The van der Waals surface area contributed by atoms with Crippen molar-refractivity contribution < 1.29 is 37.6 Å². The fourth-order valence-corrected chi connectivity index (χ4v) is 4.88. The Kier molecular flexibility index (Phi) is 28.6. The second-order valence-electron chi connectivity index (χ2n) is 11.0. The molecule has 0 aromatic carbocycles. The zero-order valence-electron chi connectivity index (χ0n) is 26.9. The van der Waals surface area contributed by atoms with Gasteiger partial charge in [-0.2, -0.15) is 0 Å². The van der Waals surface area contributed by atoms with Crippen molar-refractivity contribution in [3.8, 4) is 0 Å². The van der Waals surface area contributed by atoms with Gasteiger partial charge in [0.2, 0.25) is 0 Å². The van der Waals surface area contributed by atoms with Crippen LogP contribution >= 0.6 is 7.82 Å². The van der Waals surface area contributed by atoms with E-state index in [0.717, 1.165) is 58.5 Å². The van der Waals surface area contributed by atoms with Crippen LogP contribution in [0.2, 0.25) is 0 Å². The van der Waals surface area contributed by atoms with Crippen LogP contribution in [-0.4, -0.2) is 43.3 Å². The summed E-state index contributed by atoms with van der Waals surface area (Å²) in [5, 5.41) is 0. The van der Waals surface area contributed by atoms with Crippen LogP contribution in [-0.2, 0) is 32.7 Å². The van der Waals surface area contributed by atoms with E-state index in [9.17, 15) is 19.0 Å². The lowest BCUT2D eigenvalue weighted by Crippen LogP contribution is -2.29. The first-order chi connectivity index (χ1) is 20.3. The molecule has 0 saturated carbocycles. The van der Waals surface area contributed by atoms with Gasteiger partial charge >= 0.3 is 19.8 Å². The SMILES string of the molecule is C/C=C/CCCCCCCC(=O)O[C@H](COC(=O)CCCCCCCCCC/C=C/CCCCC)COP(=O)(O)OC. The second-order valence-corrected chi connectivity index (χ2v) is 12.5. The summed E-state index contributed by atoms with van der Waals surface area (Å²) < 4.78 is 31.6. The number of rotatable bonds is 30. The van der Waals surface area contributed by atoms with Gasteiger partial charge in [-0.1, -0.05) is 102 Å². The van der Waals surface area contributed by atoms with E-state index in [1.807, 2.05) is 6.92 Å². The molecule has 1 N–H and O–H groups in total. The van der Waals surface area contributed by atoms with Gasteiger partial charge in [-0.3, -0.25) is 18.6 Å². The summed E-state index contributed by atoms with van der Waals surface area (Å²) in [6, 6.07) is 0. The normalized spacial score (nSPS) is 13.9. The van der Waals surface area contributed by atoms with Gasteiger partial charge in [-0.05, 0) is 58.3 Å². The second kappa shape index (κ2) is 29.6. The number of unbranched alkanes of at least 4 members (excludes halogenated alkanes) is 16. The molecule has 0 aliphatic carbocycles. The highest BCUT2D eigenvalue weighted by molar-refractivity contribution is 7.47. The Morgan fingerprint density at radius 1 is 0.690 bits per heavy atom. The van der Waals surface area contributed by atoms with Gasteiger partial charge in [0, 0.05) is 20.0 Å². The molecule has 0 heterocycles. The largest absolute Gasteiger partial charge is 0.472 e. The zero-order chi connectivity index (χ0) is 31.2. The maximum absolute atomic E-state index is 12.3. The highest BCUT2D eigenvalue weighted by Gasteiger charge is 2.24. The number of phosphoric ester groups is 1. The Hall–Kier alpha value is -1.47. The summed E-state index contributed by atoms with van der Waals surface area (Å²) in [6.07, 6.45) is 29.7. The summed E-state index contributed by atoms with van der Waals surface area (Å²) in [4.78, 5) is 34.0. The molecule has 42 heavy (non-hydrogen) atoms. The highest BCUT2D eigenvalue weighted by atomic mass is 31.2. The van der Waals surface area contributed by atoms with E-state index in [1.54, 1.807) is 0 Å². The van der Waals surface area contributed by atoms with Gasteiger partial charge in [0.15, 0.2) is 6.10 Å². The molecule has 0 saturated heterocycles. The molecule has 246 valence electrons. The van der Waals surface area contributed by atoms with E-state index >= 15 is 0 Å². The molecule has 8 nitrogen and oxygen atoms in total. The summed E-state index contributed by atoms with van der Waals surface area (Å²) >= 11 is 0. The van der Waals surface area contributed by atoms with Gasteiger partial charge in [0.25, 0.3) is 0 Å². The molecule has 0 amide bonds. The first-order valence-electron chi connectivity index (χ1n) is 16.5. The first-order valence-corrected chi connectivity index (χ1v) is 18.0. The molecule has 0 aromatic rings. The van der Waals surface area contributed by atoms with E-state index in [1.165, 1.54) is 64.2 Å². The van der Waals surface area contributed by atoms with E-state index in [2.05, 4.69) is 35.8 Å². The minimum atomic E-state index is -4.25. The Balaban J connectivity index is 4.06. The van der Waals surface area contributed by atoms with Crippen molar-refractivity contribution in [3.05, 3.63) is 24.3 Å². The molecule has 0 aliphatic heterocycles.